The van der Waals surface area contributed by atoms with Crippen molar-refractivity contribution in [1.29, 1.82) is 0 Å². The molecule has 0 aliphatic carbocycles. The highest BCUT2D eigenvalue weighted by Crippen LogP contribution is 2.38. The summed E-state index contributed by atoms with van der Waals surface area (Å²) in [4.78, 5) is 12.9. The number of methoxy groups -OCH3 is 1. The molecule has 3 aromatic rings. The summed E-state index contributed by atoms with van der Waals surface area (Å²) in [7, 11) is 1.67. The lowest BCUT2D eigenvalue weighted by molar-refractivity contribution is 0.207. The van der Waals surface area contributed by atoms with Gasteiger partial charge < -0.3 is 20.5 Å². The van der Waals surface area contributed by atoms with Gasteiger partial charge in [-0.05, 0) is 55.0 Å². The van der Waals surface area contributed by atoms with Crippen molar-refractivity contribution in [2.45, 2.75) is 16.7 Å². The van der Waals surface area contributed by atoms with Crippen LogP contribution in [0.2, 0.25) is 0 Å². The lowest BCUT2D eigenvalue weighted by Crippen LogP contribution is -2.25. The number of phenolic OH excluding ortho intramolecular Hbond substituents is 1. The minimum Gasteiger partial charge on any atom is -0.508 e. The zero-order valence-electron chi connectivity index (χ0n) is 15.3. The Morgan fingerprint density at radius 1 is 1.15 bits per heavy atom. The summed E-state index contributed by atoms with van der Waals surface area (Å²) in [5.41, 5.74) is 7.98. The SMILES string of the molecule is COCCN(c1nccc(N)n1)c1cc(C)ccc1Sc1ccc(O)cc1. The second-order valence-corrected chi connectivity index (χ2v) is 7.11. The highest BCUT2D eigenvalue weighted by molar-refractivity contribution is 7.99. The van der Waals surface area contributed by atoms with E-state index in [1.807, 2.05) is 24.0 Å². The van der Waals surface area contributed by atoms with Gasteiger partial charge >= 0.3 is 0 Å². The topological polar surface area (TPSA) is 84.5 Å². The Kier molecular flexibility index (Phi) is 6.16. The predicted molar refractivity (Wildman–Crippen MR) is 109 cm³/mol. The van der Waals surface area contributed by atoms with Crippen LogP contribution < -0.4 is 10.6 Å². The Morgan fingerprint density at radius 2 is 1.93 bits per heavy atom. The molecule has 0 radical (unpaired) electrons. The second-order valence-electron chi connectivity index (χ2n) is 5.99. The molecule has 7 heteroatoms. The monoisotopic (exact) mass is 382 g/mol. The number of anilines is 3. The number of ether oxygens (including phenoxy) is 1. The van der Waals surface area contributed by atoms with Crippen LogP contribution in [0, 0.1) is 6.92 Å². The van der Waals surface area contributed by atoms with Crippen LogP contribution in [0.1, 0.15) is 5.56 Å². The normalized spacial score (nSPS) is 10.7. The van der Waals surface area contributed by atoms with E-state index in [4.69, 9.17) is 10.5 Å². The molecule has 3 rings (SSSR count). The van der Waals surface area contributed by atoms with E-state index in [2.05, 4.69) is 28.2 Å². The molecule has 27 heavy (non-hydrogen) atoms. The zero-order valence-corrected chi connectivity index (χ0v) is 16.1. The van der Waals surface area contributed by atoms with Crippen molar-refractivity contribution >= 4 is 29.2 Å². The first kappa shape index (κ1) is 19.0. The first-order chi connectivity index (χ1) is 13.1. The Balaban J connectivity index is 2.02. The number of hydrogen-bond acceptors (Lipinski definition) is 7. The predicted octanol–water partition coefficient (Wildman–Crippen LogP) is 4.01. The van der Waals surface area contributed by atoms with Gasteiger partial charge in [0.15, 0.2) is 0 Å². The van der Waals surface area contributed by atoms with Gasteiger partial charge in [-0.2, -0.15) is 4.98 Å². The molecule has 3 N–H and O–H groups in total. The largest absolute Gasteiger partial charge is 0.508 e. The van der Waals surface area contributed by atoms with Gasteiger partial charge in [-0.25, -0.2) is 4.98 Å². The number of nitrogens with zero attached hydrogens (tertiary/aromatic N) is 3. The minimum atomic E-state index is 0.248. The molecule has 0 bridgehead atoms. The molecule has 0 aliphatic rings. The molecule has 0 spiro atoms. The standard InChI is InChI=1S/C20H22N4O2S/c1-14-3-8-18(27-16-6-4-15(25)5-7-16)17(13-14)24(11-12-26-2)20-22-10-9-19(21)23-20/h3-10,13,25H,11-12H2,1-2H3,(H2,21,22,23). The lowest BCUT2D eigenvalue weighted by Gasteiger charge is -2.25. The third-order valence-corrected chi connectivity index (χ3v) is 4.97. The van der Waals surface area contributed by atoms with Crippen molar-refractivity contribution in [2.75, 3.05) is 30.9 Å². The Labute approximate surface area is 163 Å². The summed E-state index contributed by atoms with van der Waals surface area (Å²) in [6.45, 7) is 3.16. The van der Waals surface area contributed by atoms with E-state index >= 15 is 0 Å². The molecule has 0 unspecified atom stereocenters. The van der Waals surface area contributed by atoms with E-state index in [1.165, 1.54) is 0 Å². The van der Waals surface area contributed by atoms with E-state index in [-0.39, 0.29) is 5.75 Å². The quantitative estimate of drug-likeness (QED) is 0.639. The summed E-state index contributed by atoms with van der Waals surface area (Å²) in [5.74, 6) is 1.20. The van der Waals surface area contributed by atoms with E-state index in [9.17, 15) is 5.11 Å². The third kappa shape index (κ3) is 4.90. The van der Waals surface area contributed by atoms with Crippen LogP contribution in [0.25, 0.3) is 0 Å². The molecular formula is C20H22N4O2S. The average molecular weight is 382 g/mol. The van der Waals surface area contributed by atoms with Crippen LogP contribution >= 0.6 is 11.8 Å². The second kappa shape index (κ2) is 8.75. The highest BCUT2D eigenvalue weighted by Gasteiger charge is 2.17. The Morgan fingerprint density at radius 3 is 2.63 bits per heavy atom. The molecule has 0 saturated carbocycles. The molecule has 1 aromatic heterocycles. The maximum atomic E-state index is 9.51. The fourth-order valence-corrected chi connectivity index (χ4v) is 3.50. The zero-order chi connectivity index (χ0) is 19.2. The van der Waals surface area contributed by atoms with Crippen LogP contribution in [0.3, 0.4) is 0 Å². The molecular weight excluding hydrogens is 360 g/mol. The number of rotatable bonds is 7. The van der Waals surface area contributed by atoms with Crippen molar-refractivity contribution in [3.05, 3.63) is 60.3 Å². The molecule has 6 nitrogen and oxygen atoms in total. The summed E-state index contributed by atoms with van der Waals surface area (Å²) in [6.07, 6.45) is 1.65. The van der Waals surface area contributed by atoms with E-state index in [0.717, 1.165) is 21.0 Å². The molecule has 0 aliphatic heterocycles. The molecule has 0 atom stereocenters. The maximum absolute atomic E-state index is 9.51. The highest BCUT2D eigenvalue weighted by atomic mass is 32.2. The molecule has 0 amide bonds. The first-order valence-electron chi connectivity index (χ1n) is 8.49. The van der Waals surface area contributed by atoms with Crippen molar-refractivity contribution in [3.8, 4) is 5.75 Å². The number of hydrogen-bond donors (Lipinski definition) is 2. The lowest BCUT2D eigenvalue weighted by atomic mass is 10.2. The Hall–Kier alpha value is -2.77. The molecule has 140 valence electrons. The number of nitrogens with two attached hydrogens (primary N) is 1. The fourth-order valence-electron chi connectivity index (χ4n) is 2.57. The van der Waals surface area contributed by atoms with Gasteiger partial charge in [-0.3, -0.25) is 0 Å². The Bertz CT molecular complexity index is 903. The summed E-state index contributed by atoms with van der Waals surface area (Å²) >= 11 is 1.61. The number of nitrogen functional groups attached to an aromatic ring is 1. The molecule has 0 saturated heterocycles. The van der Waals surface area contributed by atoms with Crippen LogP contribution in [-0.2, 0) is 4.74 Å². The van der Waals surface area contributed by atoms with Gasteiger partial charge in [-0.15, -0.1) is 0 Å². The van der Waals surface area contributed by atoms with E-state index in [0.29, 0.717) is 24.9 Å². The van der Waals surface area contributed by atoms with Crippen molar-refractivity contribution in [2.24, 2.45) is 0 Å². The molecule has 0 fully saturated rings. The fraction of sp³-hybridized carbons (Fsp3) is 0.200. The number of aryl methyl sites for hydroxylation is 1. The van der Waals surface area contributed by atoms with Crippen LogP contribution in [-0.4, -0.2) is 35.3 Å². The van der Waals surface area contributed by atoms with Gasteiger partial charge in [0.1, 0.15) is 11.6 Å². The van der Waals surface area contributed by atoms with Gasteiger partial charge in [0, 0.05) is 29.6 Å². The van der Waals surface area contributed by atoms with Crippen molar-refractivity contribution in [1.82, 2.24) is 9.97 Å². The van der Waals surface area contributed by atoms with Crippen LogP contribution in [0.4, 0.5) is 17.5 Å². The number of phenols is 1. The van der Waals surface area contributed by atoms with E-state index in [1.54, 1.807) is 43.3 Å². The van der Waals surface area contributed by atoms with Gasteiger partial charge in [0.2, 0.25) is 5.95 Å². The van der Waals surface area contributed by atoms with Crippen LogP contribution in [0.5, 0.6) is 5.75 Å². The van der Waals surface area contributed by atoms with Crippen molar-refractivity contribution < 1.29 is 9.84 Å². The van der Waals surface area contributed by atoms with Crippen molar-refractivity contribution in [3.63, 3.8) is 0 Å². The summed E-state index contributed by atoms with van der Waals surface area (Å²) in [5, 5.41) is 9.51. The molecule has 2 aromatic carbocycles. The summed E-state index contributed by atoms with van der Waals surface area (Å²) in [6, 6.07) is 15.1. The number of aromatic hydroxyl groups is 1. The van der Waals surface area contributed by atoms with Crippen LogP contribution in [0.15, 0.2) is 64.5 Å². The first-order valence-corrected chi connectivity index (χ1v) is 9.31. The smallest absolute Gasteiger partial charge is 0.231 e. The number of benzene rings is 2. The molecule has 1 heterocycles. The van der Waals surface area contributed by atoms with Gasteiger partial charge in [0.05, 0.1) is 12.3 Å². The van der Waals surface area contributed by atoms with Gasteiger partial charge in [0.25, 0.3) is 0 Å². The third-order valence-electron chi connectivity index (χ3n) is 3.89. The summed E-state index contributed by atoms with van der Waals surface area (Å²) < 4.78 is 5.28. The minimum absolute atomic E-state index is 0.248. The van der Waals surface area contributed by atoms with E-state index < -0.39 is 0 Å². The maximum Gasteiger partial charge on any atom is 0.231 e. The number of aromatic nitrogens is 2. The average Bonchev–Trinajstić information content (AvgIpc) is 2.66. The van der Waals surface area contributed by atoms with Gasteiger partial charge in [-0.1, -0.05) is 17.8 Å².